The lowest BCUT2D eigenvalue weighted by molar-refractivity contribution is -0.146. The largest absolute Gasteiger partial charge is 0.456 e. The molecule has 0 bridgehead atoms. The molecule has 2 amide bonds. The van der Waals surface area contributed by atoms with Crippen LogP contribution in [0.3, 0.4) is 0 Å². The summed E-state index contributed by atoms with van der Waals surface area (Å²) in [4.78, 5) is 26.6. The molecule has 2 N–H and O–H groups in total. The standard InChI is InChI=1S/C25H19N3O4/c1-16(29)28-24(30)22(17-7-3-2-4-8-17)23(25(28)31)27-19-11-13-20(14-12-19)32-21-10-6-5-9-18(21)15-26/h2-14,16,27,29H,1H3. The third-order valence-electron chi connectivity index (χ3n) is 4.91. The van der Waals surface area contributed by atoms with Crippen LogP contribution < -0.4 is 10.1 Å². The summed E-state index contributed by atoms with van der Waals surface area (Å²) in [6.07, 6.45) is -1.26. The second-order valence-corrected chi connectivity index (χ2v) is 7.09. The van der Waals surface area contributed by atoms with Gasteiger partial charge in [-0.2, -0.15) is 5.26 Å². The van der Waals surface area contributed by atoms with Crippen molar-refractivity contribution in [1.82, 2.24) is 4.90 Å². The van der Waals surface area contributed by atoms with Crippen LogP contribution in [0.25, 0.3) is 5.57 Å². The number of hydrogen-bond acceptors (Lipinski definition) is 6. The third-order valence-corrected chi connectivity index (χ3v) is 4.91. The Kier molecular flexibility index (Phi) is 5.71. The number of para-hydroxylation sites is 1. The first kappa shape index (κ1) is 20.8. The van der Waals surface area contributed by atoms with Crippen LogP contribution in [0.15, 0.2) is 84.6 Å². The number of hydrogen-bond donors (Lipinski definition) is 2. The number of carbonyl (C=O) groups excluding carboxylic acids is 2. The van der Waals surface area contributed by atoms with Crippen molar-refractivity contribution in [2.75, 3.05) is 5.32 Å². The van der Waals surface area contributed by atoms with Crippen molar-refractivity contribution in [2.45, 2.75) is 13.2 Å². The minimum Gasteiger partial charge on any atom is -0.456 e. The molecule has 0 radical (unpaired) electrons. The van der Waals surface area contributed by atoms with Crippen LogP contribution >= 0.6 is 0 Å². The molecule has 0 fully saturated rings. The molecular weight excluding hydrogens is 406 g/mol. The zero-order valence-corrected chi connectivity index (χ0v) is 17.1. The van der Waals surface area contributed by atoms with Gasteiger partial charge in [0.2, 0.25) is 0 Å². The third kappa shape index (κ3) is 3.95. The van der Waals surface area contributed by atoms with Crippen LogP contribution in [0, 0.1) is 11.3 Å². The number of ether oxygens (including phenoxy) is 1. The Morgan fingerprint density at radius 2 is 1.59 bits per heavy atom. The molecule has 0 saturated heterocycles. The summed E-state index contributed by atoms with van der Waals surface area (Å²) in [7, 11) is 0. The van der Waals surface area contributed by atoms with Gasteiger partial charge in [0.15, 0.2) is 0 Å². The van der Waals surface area contributed by atoms with Crippen LogP contribution in [-0.4, -0.2) is 28.0 Å². The molecule has 7 nitrogen and oxygen atoms in total. The van der Waals surface area contributed by atoms with Gasteiger partial charge in [-0.05, 0) is 48.9 Å². The number of imide groups is 1. The fraction of sp³-hybridized carbons (Fsp3) is 0.0800. The molecule has 0 spiro atoms. The lowest BCUT2D eigenvalue weighted by atomic mass is 10.0. The average Bonchev–Trinajstić information content (AvgIpc) is 3.05. The maximum absolute atomic E-state index is 12.9. The SMILES string of the molecule is CC(O)N1C(=O)C(Nc2ccc(Oc3ccccc3C#N)cc2)=C(c2ccccc2)C1=O. The summed E-state index contributed by atoms with van der Waals surface area (Å²) in [5.74, 6) is -0.220. The zero-order valence-electron chi connectivity index (χ0n) is 17.1. The molecule has 0 saturated carbocycles. The highest BCUT2D eigenvalue weighted by Crippen LogP contribution is 2.32. The van der Waals surface area contributed by atoms with E-state index in [1.54, 1.807) is 72.8 Å². The van der Waals surface area contributed by atoms with Gasteiger partial charge in [-0.15, -0.1) is 0 Å². The number of nitriles is 1. The summed E-state index contributed by atoms with van der Waals surface area (Å²) in [5, 5.41) is 22.2. The van der Waals surface area contributed by atoms with E-state index in [4.69, 9.17) is 4.74 Å². The maximum atomic E-state index is 12.9. The van der Waals surface area contributed by atoms with Crippen molar-refractivity contribution in [3.63, 3.8) is 0 Å². The van der Waals surface area contributed by atoms with Crippen molar-refractivity contribution in [2.24, 2.45) is 0 Å². The monoisotopic (exact) mass is 425 g/mol. The molecule has 158 valence electrons. The topological polar surface area (TPSA) is 103 Å². The van der Waals surface area contributed by atoms with Crippen LogP contribution in [0.1, 0.15) is 18.1 Å². The van der Waals surface area contributed by atoms with Gasteiger partial charge in [-0.1, -0.05) is 42.5 Å². The first-order valence-electron chi connectivity index (χ1n) is 9.89. The number of nitrogens with one attached hydrogen (secondary N) is 1. The fourth-order valence-corrected chi connectivity index (χ4v) is 3.40. The predicted molar refractivity (Wildman–Crippen MR) is 118 cm³/mol. The van der Waals surface area contributed by atoms with Gasteiger partial charge in [0.25, 0.3) is 11.8 Å². The predicted octanol–water partition coefficient (Wildman–Crippen LogP) is 3.88. The average molecular weight is 425 g/mol. The van der Waals surface area contributed by atoms with E-state index in [0.717, 1.165) is 4.90 Å². The Balaban J connectivity index is 1.63. The van der Waals surface area contributed by atoms with Crippen LogP contribution in [-0.2, 0) is 9.59 Å². The van der Waals surface area contributed by atoms with Crippen molar-refractivity contribution in [3.8, 4) is 17.6 Å². The number of rotatable bonds is 6. The Labute approximate surface area is 184 Å². The Hall–Kier alpha value is -4.41. The number of aliphatic hydroxyl groups is 1. The second-order valence-electron chi connectivity index (χ2n) is 7.09. The van der Waals surface area contributed by atoms with Crippen LogP contribution in [0.2, 0.25) is 0 Å². The van der Waals surface area contributed by atoms with Gasteiger partial charge < -0.3 is 15.2 Å². The molecule has 1 unspecified atom stereocenters. The number of amides is 2. The van der Waals surface area contributed by atoms with E-state index in [1.807, 2.05) is 6.07 Å². The van der Waals surface area contributed by atoms with Crippen LogP contribution in [0.5, 0.6) is 11.5 Å². The van der Waals surface area contributed by atoms with Gasteiger partial charge in [0, 0.05) is 5.69 Å². The van der Waals surface area contributed by atoms with Gasteiger partial charge in [-0.25, -0.2) is 4.90 Å². The minimum atomic E-state index is -1.26. The Bertz CT molecular complexity index is 1240. The van der Waals surface area contributed by atoms with E-state index in [9.17, 15) is 20.0 Å². The number of aliphatic hydroxyl groups excluding tert-OH is 1. The molecule has 3 aromatic rings. The molecule has 0 aromatic heterocycles. The van der Waals surface area contributed by atoms with E-state index in [1.165, 1.54) is 6.92 Å². The Morgan fingerprint density at radius 1 is 0.938 bits per heavy atom. The summed E-state index contributed by atoms with van der Waals surface area (Å²) >= 11 is 0. The van der Waals surface area contributed by atoms with E-state index in [2.05, 4.69) is 11.4 Å². The molecule has 3 aromatic carbocycles. The first-order chi connectivity index (χ1) is 15.5. The van der Waals surface area contributed by atoms with Gasteiger partial charge in [0.05, 0.1) is 11.1 Å². The molecular formula is C25H19N3O4. The van der Waals surface area contributed by atoms with E-state index in [0.29, 0.717) is 28.3 Å². The minimum absolute atomic E-state index is 0.0885. The molecule has 1 atom stereocenters. The summed E-state index contributed by atoms with van der Waals surface area (Å²) in [6.45, 7) is 1.37. The molecule has 0 aliphatic carbocycles. The fourth-order valence-electron chi connectivity index (χ4n) is 3.40. The summed E-state index contributed by atoms with van der Waals surface area (Å²) in [5.41, 5.74) is 1.83. The highest BCUT2D eigenvalue weighted by Gasteiger charge is 2.41. The molecule has 4 rings (SSSR count). The Morgan fingerprint density at radius 3 is 2.25 bits per heavy atom. The maximum Gasteiger partial charge on any atom is 0.280 e. The van der Waals surface area contributed by atoms with Crippen molar-refractivity contribution >= 4 is 23.1 Å². The first-order valence-corrected chi connectivity index (χ1v) is 9.89. The highest BCUT2D eigenvalue weighted by molar-refractivity contribution is 6.36. The van der Waals surface area contributed by atoms with Gasteiger partial charge in [-0.3, -0.25) is 9.59 Å². The lowest BCUT2D eigenvalue weighted by Gasteiger charge is -2.18. The van der Waals surface area contributed by atoms with E-state index >= 15 is 0 Å². The normalized spacial score (nSPS) is 14.3. The quantitative estimate of drug-likeness (QED) is 0.581. The highest BCUT2D eigenvalue weighted by atomic mass is 16.5. The van der Waals surface area contributed by atoms with E-state index in [-0.39, 0.29) is 11.3 Å². The van der Waals surface area contributed by atoms with Crippen molar-refractivity contribution < 1.29 is 19.4 Å². The van der Waals surface area contributed by atoms with Crippen LogP contribution in [0.4, 0.5) is 5.69 Å². The van der Waals surface area contributed by atoms with Crippen molar-refractivity contribution in [1.29, 1.82) is 5.26 Å². The molecule has 32 heavy (non-hydrogen) atoms. The number of carbonyl (C=O) groups is 2. The zero-order chi connectivity index (χ0) is 22.7. The second kappa shape index (κ2) is 8.76. The lowest BCUT2D eigenvalue weighted by Crippen LogP contribution is -2.39. The molecule has 1 aliphatic heterocycles. The van der Waals surface area contributed by atoms with E-state index < -0.39 is 18.0 Å². The number of benzene rings is 3. The van der Waals surface area contributed by atoms with Gasteiger partial charge in [0.1, 0.15) is 29.5 Å². The van der Waals surface area contributed by atoms with Gasteiger partial charge >= 0.3 is 0 Å². The molecule has 7 heteroatoms. The number of anilines is 1. The number of nitrogens with zero attached hydrogens (tertiary/aromatic N) is 2. The molecule has 1 heterocycles. The van der Waals surface area contributed by atoms with Crippen molar-refractivity contribution in [3.05, 3.63) is 95.7 Å². The summed E-state index contributed by atoms with van der Waals surface area (Å²) in [6, 6.07) is 24.6. The molecule has 1 aliphatic rings. The summed E-state index contributed by atoms with van der Waals surface area (Å²) < 4.78 is 5.78. The smallest absolute Gasteiger partial charge is 0.280 e.